The van der Waals surface area contributed by atoms with Crippen LogP contribution in [0, 0.1) is 16.7 Å². The summed E-state index contributed by atoms with van der Waals surface area (Å²) < 4.78 is 0. The lowest BCUT2D eigenvalue weighted by molar-refractivity contribution is 0.489. The normalized spacial score (nSPS) is 13.4. The first kappa shape index (κ1) is 10.3. The lowest BCUT2D eigenvalue weighted by Crippen LogP contribution is -2.14. The van der Waals surface area contributed by atoms with Crippen LogP contribution < -0.4 is 0 Å². The minimum absolute atomic E-state index is 0.0891. The molecule has 0 aliphatic carbocycles. The van der Waals surface area contributed by atoms with E-state index in [2.05, 4.69) is 22.0 Å². The first-order valence-electron chi connectivity index (χ1n) is 4.18. The largest absolute Gasteiger partial charge is 0.198 e. The second-order valence-corrected chi connectivity index (χ2v) is 4.52. The average Bonchev–Trinajstić information content (AvgIpc) is 2.18. The van der Waals surface area contributed by atoms with Crippen LogP contribution in [0.2, 0.25) is 0 Å². The van der Waals surface area contributed by atoms with Crippen LogP contribution in [-0.2, 0) is 0 Å². The van der Waals surface area contributed by atoms with Crippen molar-refractivity contribution in [3.05, 3.63) is 35.9 Å². The van der Waals surface area contributed by atoms with E-state index in [0.29, 0.717) is 0 Å². The third-order valence-corrected chi connectivity index (χ3v) is 3.69. The molecule has 1 unspecified atom stereocenters. The SMILES string of the molecule is CC(C)(C#N)C(Br)c1ccccc1. The van der Waals surface area contributed by atoms with Crippen LogP contribution in [0.3, 0.4) is 0 Å². The highest BCUT2D eigenvalue weighted by atomic mass is 79.9. The fraction of sp³-hybridized carbons (Fsp3) is 0.364. The van der Waals surface area contributed by atoms with E-state index in [9.17, 15) is 0 Å². The Morgan fingerprint density at radius 2 is 1.85 bits per heavy atom. The molecule has 0 bridgehead atoms. The third kappa shape index (κ3) is 2.32. The Morgan fingerprint density at radius 1 is 1.31 bits per heavy atom. The molecular formula is C11H12BrN. The van der Waals surface area contributed by atoms with Gasteiger partial charge >= 0.3 is 0 Å². The summed E-state index contributed by atoms with van der Waals surface area (Å²) in [6.07, 6.45) is 0. The van der Waals surface area contributed by atoms with Crippen LogP contribution in [0.15, 0.2) is 30.3 Å². The molecule has 0 radical (unpaired) electrons. The fourth-order valence-electron chi connectivity index (χ4n) is 1.10. The van der Waals surface area contributed by atoms with Gasteiger partial charge in [-0.15, -0.1) is 0 Å². The summed E-state index contributed by atoms with van der Waals surface area (Å²) >= 11 is 3.55. The average molecular weight is 238 g/mol. The standard InChI is InChI=1S/C11H12BrN/c1-11(2,8-13)10(12)9-6-4-3-5-7-9/h3-7,10H,1-2H3. The molecule has 1 nitrogen and oxygen atoms in total. The van der Waals surface area contributed by atoms with Crippen molar-refractivity contribution in [2.24, 2.45) is 5.41 Å². The summed E-state index contributed by atoms with van der Waals surface area (Å²) in [5, 5.41) is 8.95. The van der Waals surface area contributed by atoms with Crippen LogP contribution in [0.25, 0.3) is 0 Å². The van der Waals surface area contributed by atoms with E-state index < -0.39 is 0 Å². The number of hydrogen-bond acceptors (Lipinski definition) is 1. The van der Waals surface area contributed by atoms with Crippen LogP contribution in [0.1, 0.15) is 24.2 Å². The van der Waals surface area contributed by atoms with Gasteiger partial charge in [-0.1, -0.05) is 46.3 Å². The third-order valence-electron chi connectivity index (χ3n) is 2.01. The Balaban J connectivity index is 2.94. The van der Waals surface area contributed by atoms with Gasteiger partial charge in [0.05, 0.1) is 16.3 Å². The molecule has 2 heteroatoms. The highest BCUT2D eigenvalue weighted by Crippen LogP contribution is 2.39. The lowest BCUT2D eigenvalue weighted by atomic mass is 9.87. The van der Waals surface area contributed by atoms with E-state index in [0.717, 1.165) is 5.56 Å². The quantitative estimate of drug-likeness (QED) is 0.721. The molecule has 1 aromatic rings. The zero-order valence-corrected chi connectivity index (χ0v) is 9.38. The molecule has 0 aliphatic heterocycles. The van der Waals surface area contributed by atoms with Gasteiger partial charge in [-0.05, 0) is 19.4 Å². The summed E-state index contributed by atoms with van der Waals surface area (Å²) in [5.41, 5.74) is 0.774. The van der Waals surface area contributed by atoms with E-state index in [4.69, 9.17) is 5.26 Å². The molecule has 0 heterocycles. The van der Waals surface area contributed by atoms with Crippen LogP contribution in [0.5, 0.6) is 0 Å². The van der Waals surface area contributed by atoms with Crippen molar-refractivity contribution in [2.75, 3.05) is 0 Å². The molecular weight excluding hydrogens is 226 g/mol. The van der Waals surface area contributed by atoms with Gasteiger partial charge in [0.1, 0.15) is 0 Å². The zero-order chi connectivity index (χ0) is 9.90. The van der Waals surface area contributed by atoms with Gasteiger partial charge < -0.3 is 0 Å². The van der Waals surface area contributed by atoms with Crippen molar-refractivity contribution >= 4 is 15.9 Å². The highest BCUT2D eigenvalue weighted by Gasteiger charge is 2.28. The second kappa shape index (κ2) is 3.93. The molecule has 0 N–H and O–H groups in total. The van der Waals surface area contributed by atoms with Gasteiger partial charge in [0, 0.05) is 0 Å². The minimum atomic E-state index is -0.374. The van der Waals surface area contributed by atoms with E-state index in [1.54, 1.807) is 0 Å². The molecule has 1 aromatic carbocycles. The van der Waals surface area contributed by atoms with E-state index >= 15 is 0 Å². The number of halogens is 1. The maximum absolute atomic E-state index is 8.95. The molecule has 68 valence electrons. The van der Waals surface area contributed by atoms with Gasteiger partial charge in [-0.25, -0.2) is 0 Å². The second-order valence-electron chi connectivity index (χ2n) is 3.61. The fourth-order valence-corrected chi connectivity index (χ4v) is 1.50. The molecule has 0 saturated heterocycles. The van der Waals surface area contributed by atoms with Crippen molar-refractivity contribution in [2.45, 2.75) is 18.7 Å². The van der Waals surface area contributed by atoms with Crippen molar-refractivity contribution < 1.29 is 0 Å². The van der Waals surface area contributed by atoms with E-state index in [1.807, 2.05) is 44.2 Å². The summed E-state index contributed by atoms with van der Waals surface area (Å²) in [4.78, 5) is 0.0891. The van der Waals surface area contributed by atoms with Crippen LogP contribution in [0.4, 0.5) is 0 Å². The zero-order valence-electron chi connectivity index (χ0n) is 7.79. The number of benzene rings is 1. The number of nitriles is 1. The minimum Gasteiger partial charge on any atom is -0.198 e. The molecule has 0 aliphatic rings. The smallest absolute Gasteiger partial charge is 0.0699 e. The Labute approximate surface area is 87.5 Å². The number of nitrogens with zero attached hydrogens (tertiary/aromatic N) is 1. The topological polar surface area (TPSA) is 23.8 Å². The maximum atomic E-state index is 8.95. The lowest BCUT2D eigenvalue weighted by Gasteiger charge is -2.22. The Kier molecular flexibility index (Phi) is 3.11. The number of hydrogen-bond donors (Lipinski definition) is 0. The summed E-state index contributed by atoms with van der Waals surface area (Å²) in [6.45, 7) is 3.86. The Hall–Kier alpha value is -0.810. The molecule has 0 amide bonds. The summed E-state index contributed by atoms with van der Waals surface area (Å²) in [5.74, 6) is 0. The number of alkyl halides is 1. The molecule has 0 aromatic heterocycles. The van der Waals surface area contributed by atoms with Crippen molar-refractivity contribution in [1.82, 2.24) is 0 Å². The van der Waals surface area contributed by atoms with E-state index in [-0.39, 0.29) is 10.2 Å². The molecule has 0 spiro atoms. The molecule has 0 saturated carbocycles. The van der Waals surface area contributed by atoms with Crippen LogP contribution in [-0.4, -0.2) is 0 Å². The monoisotopic (exact) mass is 237 g/mol. The first-order chi connectivity index (χ1) is 6.08. The Bertz CT molecular complexity index is 311. The van der Waals surface area contributed by atoms with Gasteiger partial charge in [-0.2, -0.15) is 5.26 Å². The molecule has 0 fully saturated rings. The molecule has 1 atom stereocenters. The van der Waals surface area contributed by atoms with Crippen molar-refractivity contribution in [3.8, 4) is 6.07 Å². The molecule has 1 rings (SSSR count). The maximum Gasteiger partial charge on any atom is 0.0699 e. The Morgan fingerprint density at radius 3 is 2.31 bits per heavy atom. The van der Waals surface area contributed by atoms with E-state index in [1.165, 1.54) is 0 Å². The van der Waals surface area contributed by atoms with Gasteiger partial charge in [0.2, 0.25) is 0 Å². The summed E-state index contributed by atoms with van der Waals surface area (Å²) in [6, 6.07) is 12.3. The highest BCUT2D eigenvalue weighted by molar-refractivity contribution is 9.09. The van der Waals surface area contributed by atoms with Crippen molar-refractivity contribution in [1.29, 1.82) is 5.26 Å². The first-order valence-corrected chi connectivity index (χ1v) is 5.10. The molecule has 13 heavy (non-hydrogen) atoms. The van der Waals surface area contributed by atoms with Gasteiger partial charge in [0.25, 0.3) is 0 Å². The van der Waals surface area contributed by atoms with Crippen LogP contribution >= 0.6 is 15.9 Å². The predicted molar refractivity (Wildman–Crippen MR) is 57.5 cm³/mol. The summed E-state index contributed by atoms with van der Waals surface area (Å²) in [7, 11) is 0. The van der Waals surface area contributed by atoms with Gasteiger partial charge in [0.15, 0.2) is 0 Å². The predicted octanol–water partition coefficient (Wildman–Crippen LogP) is 3.67. The number of rotatable bonds is 2. The van der Waals surface area contributed by atoms with Gasteiger partial charge in [-0.3, -0.25) is 0 Å². The van der Waals surface area contributed by atoms with Crippen molar-refractivity contribution in [3.63, 3.8) is 0 Å².